The highest BCUT2D eigenvalue weighted by molar-refractivity contribution is 6.34. The summed E-state index contributed by atoms with van der Waals surface area (Å²) in [6, 6.07) is 5.56. The summed E-state index contributed by atoms with van der Waals surface area (Å²) in [5.74, 6) is 0.376. The second kappa shape index (κ2) is 2.13. The summed E-state index contributed by atoms with van der Waals surface area (Å²) in [4.78, 5) is 0. The average molecular weight is 120 g/mol. The van der Waals surface area contributed by atoms with Crippen LogP contribution in [0.2, 0.25) is 0 Å². The van der Waals surface area contributed by atoms with Gasteiger partial charge in [0.25, 0.3) is 0 Å². The van der Waals surface area contributed by atoms with Crippen molar-refractivity contribution in [3.05, 3.63) is 23.8 Å². The maximum Gasteiger partial charge on any atom is 0.144 e. The lowest BCUT2D eigenvalue weighted by Gasteiger charge is -1.97. The Labute approximate surface area is 55.7 Å². The highest BCUT2D eigenvalue weighted by atomic mass is 16.3. The van der Waals surface area contributed by atoms with Crippen LogP contribution in [0.25, 0.3) is 0 Å². The molecule has 1 aromatic carbocycles. The monoisotopic (exact) mass is 120 g/mol. The number of hydrogen-bond acceptors (Lipinski definition) is 1. The Morgan fingerprint density at radius 3 is 2.56 bits per heavy atom. The summed E-state index contributed by atoms with van der Waals surface area (Å²) in [7, 11) is 1.89. The van der Waals surface area contributed by atoms with Gasteiger partial charge in [-0.15, -0.1) is 0 Å². The zero-order valence-electron chi connectivity index (χ0n) is 5.68. The van der Waals surface area contributed by atoms with Gasteiger partial charge in [0.15, 0.2) is 0 Å². The quantitative estimate of drug-likeness (QED) is 0.476. The highest BCUT2D eigenvalue weighted by Gasteiger charge is 1.91. The maximum atomic E-state index is 9.04. The van der Waals surface area contributed by atoms with Crippen molar-refractivity contribution in [2.24, 2.45) is 0 Å². The van der Waals surface area contributed by atoms with Crippen LogP contribution in [0, 0.1) is 6.92 Å². The van der Waals surface area contributed by atoms with Crippen molar-refractivity contribution in [2.75, 3.05) is 0 Å². The first-order chi connectivity index (χ1) is 4.20. The van der Waals surface area contributed by atoms with Crippen LogP contribution in [0.15, 0.2) is 18.2 Å². The summed E-state index contributed by atoms with van der Waals surface area (Å²) in [5, 5.41) is 9.04. The third kappa shape index (κ3) is 1.25. The molecule has 0 heterocycles. The molecule has 1 aromatic rings. The topological polar surface area (TPSA) is 20.2 Å². The third-order valence-electron chi connectivity index (χ3n) is 1.35. The van der Waals surface area contributed by atoms with Gasteiger partial charge in [-0.05, 0) is 18.5 Å². The minimum atomic E-state index is 0.376. The maximum absolute atomic E-state index is 9.04. The SMILES string of the molecule is Bc1cc(C)ccc1O. The van der Waals surface area contributed by atoms with Crippen LogP contribution in [0.1, 0.15) is 5.56 Å². The number of hydrogen-bond donors (Lipinski definition) is 1. The van der Waals surface area contributed by atoms with Crippen molar-refractivity contribution >= 4 is 13.3 Å². The van der Waals surface area contributed by atoms with E-state index in [-0.39, 0.29) is 0 Å². The molecular formula is C7H9BO. The fourth-order valence-corrected chi connectivity index (χ4v) is 0.805. The van der Waals surface area contributed by atoms with Crippen molar-refractivity contribution in [2.45, 2.75) is 6.92 Å². The molecule has 0 aliphatic rings. The van der Waals surface area contributed by atoms with Crippen molar-refractivity contribution in [1.82, 2.24) is 0 Å². The Hall–Kier alpha value is -0.915. The molecule has 0 fully saturated rings. The van der Waals surface area contributed by atoms with Crippen molar-refractivity contribution < 1.29 is 5.11 Å². The molecule has 1 nitrogen and oxygen atoms in total. The molecule has 46 valence electrons. The molecule has 0 saturated heterocycles. The third-order valence-corrected chi connectivity index (χ3v) is 1.35. The largest absolute Gasteiger partial charge is 0.509 e. The first-order valence-corrected chi connectivity index (χ1v) is 2.96. The molecule has 0 spiro atoms. The average Bonchev–Trinajstić information content (AvgIpc) is 1.80. The Bertz CT molecular complexity index is 220. The Morgan fingerprint density at radius 2 is 2.11 bits per heavy atom. The van der Waals surface area contributed by atoms with E-state index in [1.54, 1.807) is 6.07 Å². The van der Waals surface area contributed by atoms with Gasteiger partial charge < -0.3 is 5.11 Å². The summed E-state index contributed by atoms with van der Waals surface area (Å²) < 4.78 is 0. The first kappa shape index (κ1) is 6.21. The molecule has 9 heavy (non-hydrogen) atoms. The van der Waals surface area contributed by atoms with Crippen LogP contribution in [0.3, 0.4) is 0 Å². The molecule has 0 aromatic heterocycles. The van der Waals surface area contributed by atoms with Gasteiger partial charge in [0, 0.05) is 0 Å². The Balaban J connectivity index is 3.17. The van der Waals surface area contributed by atoms with Gasteiger partial charge in [0.05, 0.1) is 0 Å². The van der Waals surface area contributed by atoms with Gasteiger partial charge in [-0.2, -0.15) is 0 Å². The zero-order valence-corrected chi connectivity index (χ0v) is 5.68. The summed E-state index contributed by atoms with van der Waals surface area (Å²) in [5.41, 5.74) is 2.13. The number of benzene rings is 1. The molecular weight excluding hydrogens is 111 g/mol. The number of phenols is 1. The number of rotatable bonds is 0. The van der Waals surface area contributed by atoms with Gasteiger partial charge in [-0.1, -0.05) is 17.7 Å². The van der Waals surface area contributed by atoms with Crippen LogP contribution >= 0.6 is 0 Å². The molecule has 0 saturated carbocycles. The highest BCUT2D eigenvalue weighted by Crippen LogP contribution is 2.03. The molecule has 0 amide bonds. The summed E-state index contributed by atoms with van der Waals surface area (Å²) in [6.07, 6.45) is 0. The second-order valence-electron chi connectivity index (χ2n) is 2.29. The van der Waals surface area contributed by atoms with Gasteiger partial charge in [0.2, 0.25) is 0 Å². The lowest BCUT2D eigenvalue weighted by atomic mass is 9.94. The first-order valence-electron chi connectivity index (χ1n) is 2.96. The van der Waals surface area contributed by atoms with Crippen molar-refractivity contribution in [3.63, 3.8) is 0 Å². The smallest absolute Gasteiger partial charge is 0.144 e. The van der Waals surface area contributed by atoms with E-state index >= 15 is 0 Å². The molecule has 0 bridgehead atoms. The Kier molecular flexibility index (Phi) is 1.47. The van der Waals surface area contributed by atoms with Crippen LogP contribution in [0.4, 0.5) is 0 Å². The van der Waals surface area contributed by atoms with Crippen molar-refractivity contribution in [3.8, 4) is 5.75 Å². The molecule has 0 aliphatic heterocycles. The number of aryl methyl sites for hydroxylation is 1. The van der Waals surface area contributed by atoms with E-state index in [0.717, 1.165) is 5.46 Å². The van der Waals surface area contributed by atoms with Crippen LogP contribution < -0.4 is 5.46 Å². The number of aromatic hydroxyl groups is 1. The zero-order chi connectivity index (χ0) is 6.85. The van der Waals surface area contributed by atoms with E-state index in [0.29, 0.717) is 5.75 Å². The molecule has 1 rings (SSSR count). The predicted octanol–water partition coefficient (Wildman–Crippen LogP) is -0.0410. The van der Waals surface area contributed by atoms with E-state index < -0.39 is 0 Å². The molecule has 0 radical (unpaired) electrons. The molecule has 0 atom stereocenters. The minimum absolute atomic E-state index is 0.376. The lowest BCUT2D eigenvalue weighted by Crippen LogP contribution is -2.01. The van der Waals surface area contributed by atoms with Crippen molar-refractivity contribution in [1.29, 1.82) is 0 Å². The summed E-state index contributed by atoms with van der Waals surface area (Å²) >= 11 is 0. The minimum Gasteiger partial charge on any atom is -0.509 e. The molecule has 1 N–H and O–H groups in total. The lowest BCUT2D eigenvalue weighted by molar-refractivity contribution is 0.479. The molecule has 0 unspecified atom stereocenters. The number of phenolic OH excluding ortho intramolecular Hbond substituents is 1. The van der Waals surface area contributed by atoms with E-state index in [1.165, 1.54) is 5.56 Å². The standard InChI is InChI=1S/C7H9BO/c1-5-2-3-7(9)6(8)4-5/h2-4,9H,8H2,1H3. The Morgan fingerprint density at radius 1 is 1.44 bits per heavy atom. The van der Waals surface area contributed by atoms with Gasteiger partial charge in [-0.25, -0.2) is 0 Å². The van der Waals surface area contributed by atoms with E-state index in [1.807, 2.05) is 26.9 Å². The van der Waals surface area contributed by atoms with Gasteiger partial charge in [0.1, 0.15) is 13.6 Å². The van der Waals surface area contributed by atoms with Crippen LogP contribution in [0.5, 0.6) is 5.75 Å². The normalized spacial score (nSPS) is 9.44. The summed E-state index contributed by atoms with van der Waals surface area (Å²) in [6.45, 7) is 2.01. The van der Waals surface area contributed by atoms with E-state index in [2.05, 4.69) is 0 Å². The van der Waals surface area contributed by atoms with E-state index in [9.17, 15) is 0 Å². The fourth-order valence-electron chi connectivity index (χ4n) is 0.805. The molecule has 2 heteroatoms. The molecule has 0 aliphatic carbocycles. The van der Waals surface area contributed by atoms with Gasteiger partial charge >= 0.3 is 0 Å². The predicted molar refractivity (Wildman–Crippen MR) is 41.0 cm³/mol. The van der Waals surface area contributed by atoms with E-state index in [4.69, 9.17) is 5.11 Å². The van der Waals surface area contributed by atoms with Crippen LogP contribution in [-0.2, 0) is 0 Å². The van der Waals surface area contributed by atoms with Crippen LogP contribution in [-0.4, -0.2) is 13.0 Å². The fraction of sp³-hybridized carbons (Fsp3) is 0.143. The van der Waals surface area contributed by atoms with Gasteiger partial charge in [-0.3, -0.25) is 0 Å². The second-order valence-corrected chi connectivity index (χ2v) is 2.29.